The van der Waals surface area contributed by atoms with E-state index in [1.165, 1.54) is 13.5 Å². The van der Waals surface area contributed by atoms with Crippen molar-refractivity contribution in [3.05, 3.63) is 0 Å². The van der Waals surface area contributed by atoms with E-state index in [2.05, 4.69) is 12.2 Å². The molecule has 0 aromatic rings. The van der Waals surface area contributed by atoms with Gasteiger partial charge in [-0.2, -0.15) is 0 Å². The van der Waals surface area contributed by atoms with Crippen LogP contribution in [0.5, 0.6) is 0 Å². The topological polar surface area (TPSA) is 58.6 Å². The summed E-state index contributed by atoms with van der Waals surface area (Å²) in [4.78, 5) is 11.5. The third-order valence-corrected chi connectivity index (χ3v) is 3.38. The summed E-state index contributed by atoms with van der Waals surface area (Å²) in [5.74, 6) is 0.379. The highest BCUT2D eigenvalue weighted by atomic mass is 16.5. The van der Waals surface area contributed by atoms with E-state index in [1.54, 1.807) is 6.92 Å². The van der Waals surface area contributed by atoms with Gasteiger partial charge >= 0.3 is 0 Å². The summed E-state index contributed by atoms with van der Waals surface area (Å²) in [7, 11) is 1.50. The lowest BCUT2D eigenvalue weighted by Crippen LogP contribution is -2.48. The Bertz CT molecular complexity index is 244. The minimum absolute atomic E-state index is 0.158. The van der Waals surface area contributed by atoms with Gasteiger partial charge in [-0.3, -0.25) is 4.79 Å². The third-order valence-electron chi connectivity index (χ3n) is 3.38. The lowest BCUT2D eigenvalue weighted by Gasteiger charge is -2.35. The average Bonchev–Trinajstić information content (AvgIpc) is 2.24. The first-order chi connectivity index (χ1) is 7.47. The van der Waals surface area contributed by atoms with Crippen LogP contribution in [0.3, 0.4) is 0 Å². The maximum Gasteiger partial charge on any atom is 0.248 e. The van der Waals surface area contributed by atoms with Crippen molar-refractivity contribution in [2.75, 3.05) is 13.7 Å². The number of amides is 1. The van der Waals surface area contributed by atoms with Crippen LogP contribution in [0, 0.1) is 5.92 Å². The number of carbonyl (C=O) groups is 1. The maximum absolute atomic E-state index is 11.5. The first-order valence-electron chi connectivity index (χ1n) is 6.00. The zero-order chi connectivity index (χ0) is 12.2. The number of aliphatic hydroxyl groups is 1. The number of nitrogens with one attached hydrogen (secondary N) is 1. The third kappa shape index (κ3) is 3.76. The van der Waals surface area contributed by atoms with Gasteiger partial charge in [-0.1, -0.05) is 19.8 Å². The Labute approximate surface area is 97.4 Å². The van der Waals surface area contributed by atoms with Crippen LogP contribution >= 0.6 is 0 Å². The summed E-state index contributed by atoms with van der Waals surface area (Å²) in [5.41, 5.74) is -0.721. The predicted octanol–water partition coefficient (Wildman–Crippen LogP) is 1.08. The van der Waals surface area contributed by atoms with Gasteiger partial charge in [0, 0.05) is 13.7 Å². The zero-order valence-corrected chi connectivity index (χ0v) is 10.5. The fourth-order valence-electron chi connectivity index (χ4n) is 2.30. The molecule has 0 aliphatic heterocycles. The van der Waals surface area contributed by atoms with Crippen molar-refractivity contribution in [2.24, 2.45) is 5.92 Å². The lowest BCUT2D eigenvalue weighted by molar-refractivity contribution is -0.131. The molecule has 1 rings (SSSR count). The first-order valence-corrected chi connectivity index (χ1v) is 6.00. The molecular weight excluding hydrogens is 206 g/mol. The Kier molecular flexibility index (Phi) is 4.74. The van der Waals surface area contributed by atoms with Gasteiger partial charge in [0.05, 0.1) is 5.60 Å². The molecule has 4 nitrogen and oxygen atoms in total. The standard InChI is InChI=1S/C12H23NO3/c1-9-5-4-6-12(15,7-9)8-13-11(14)10(2)16-3/h9-10,15H,4-8H2,1-3H3,(H,13,14). The van der Waals surface area contributed by atoms with Crippen molar-refractivity contribution in [1.82, 2.24) is 5.32 Å². The van der Waals surface area contributed by atoms with Gasteiger partial charge in [0.25, 0.3) is 0 Å². The van der Waals surface area contributed by atoms with Gasteiger partial charge in [0.1, 0.15) is 6.10 Å². The van der Waals surface area contributed by atoms with Crippen molar-refractivity contribution in [2.45, 2.75) is 51.2 Å². The highest BCUT2D eigenvalue weighted by Gasteiger charge is 2.33. The van der Waals surface area contributed by atoms with Gasteiger partial charge in [-0.15, -0.1) is 0 Å². The van der Waals surface area contributed by atoms with Crippen LogP contribution in [-0.2, 0) is 9.53 Å². The van der Waals surface area contributed by atoms with Gasteiger partial charge < -0.3 is 15.2 Å². The van der Waals surface area contributed by atoms with Crippen LogP contribution in [0.25, 0.3) is 0 Å². The van der Waals surface area contributed by atoms with E-state index >= 15 is 0 Å². The molecule has 0 aromatic heterocycles. The van der Waals surface area contributed by atoms with Gasteiger partial charge in [-0.05, 0) is 25.7 Å². The predicted molar refractivity (Wildman–Crippen MR) is 62.1 cm³/mol. The molecule has 0 aromatic carbocycles. The summed E-state index contributed by atoms with van der Waals surface area (Å²) < 4.78 is 4.91. The number of carbonyl (C=O) groups excluding carboxylic acids is 1. The smallest absolute Gasteiger partial charge is 0.248 e. The molecule has 1 amide bonds. The van der Waals surface area contributed by atoms with E-state index in [4.69, 9.17) is 4.74 Å². The van der Waals surface area contributed by atoms with Crippen molar-refractivity contribution in [3.63, 3.8) is 0 Å². The second-order valence-electron chi connectivity index (χ2n) is 5.02. The van der Waals surface area contributed by atoms with E-state index in [0.29, 0.717) is 12.5 Å². The number of hydrogen-bond acceptors (Lipinski definition) is 3. The minimum Gasteiger partial charge on any atom is -0.388 e. The molecule has 4 heteroatoms. The summed E-state index contributed by atoms with van der Waals surface area (Å²) in [6.45, 7) is 4.18. The number of rotatable bonds is 4. The molecule has 1 aliphatic carbocycles. The van der Waals surface area contributed by atoms with Crippen molar-refractivity contribution >= 4 is 5.91 Å². The molecule has 1 fully saturated rings. The molecule has 2 N–H and O–H groups in total. The zero-order valence-electron chi connectivity index (χ0n) is 10.5. The number of ether oxygens (including phenoxy) is 1. The Morgan fingerprint density at radius 1 is 1.69 bits per heavy atom. The normalized spacial score (nSPS) is 32.1. The van der Waals surface area contributed by atoms with Crippen LogP contribution in [0.15, 0.2) is 0 Å². The highest BCUT2D eigenvalue weighted by Crippen LogP contribution is 2.31. The molecule has 1 aliphatic rings. The lowest BCUT2D eigenvalue weighted by atomic mass is 9.79. The van der Waals surface area contributed by atoms with Crippen molar-refractivity contribution in [1.29, 1.82) is 0 Å². The molecule has 1 saturated carbocycles. The monoisotopic (exact) mass is 229 g/mol. The van der Waals surface area contributed by atoms with Crippen molar-refractivity contribution < 1.29 is 14.6 Å². The molecule has 0 radical (unpaired) electrons. The van der Waals surface area contributed by atoms with E-state index in [9.17, 15) is 9.90 Å². The molecule has 3 unspecified atom stereocenters. The van der Waals surface area contributed by atoms with Gasteiger partial charge in [0.15, 0.2) is 0 Å². The number of methoxy groups -OCH3 is 1. The summed E-state index contributed by atoms with van der Waals surface area (Å²) >= 11 is 0. The minimum atomic E-state index is -0.721. The summed E-state index contributed by atoms with van der Waals surface area (Å²) in [5, 5.41) is 13.0. The van der Waals surface area contributed by atoms with Crippen LogP contribution < -0.4 is 5.32 Å². The fraction of sp³-hybridized carbons (Fsp3) is 0.917. The van der Waals surface area contributed by atoms with E-state index in [0.717, 1.165) is 19.3 Å². The molecule has 16 heavy (non-hydrogen) atoms. The SMILES string of the molecule is COC(C)C(=O)NCC1(O)CCCC(C)C1. The Morgan fingerprint density at radius 2 is 2.38 bits per heavy atom. The molecule has 0 saturated heterocycles. The highest BCUT2D eigenvalue weighted by molar-refractivity contribution is 5.80. The number of hydrogen-bond donors (Lipinski definition) is 2. The van der Waals surface area contributed by atoms with E-state index in [1.807, 2.05) is 0 Å². The average molecular weight is 229 g/mol. The van der Waals surface area contributed by atoms with Crippen LogP contribution in [0.1, 0.15) is 39.5 Å². The second-order valence-corrected chi connectivity index (χ2v) is 5.02. The Morgan fingerprint density at radius 3 is 2.94 bits per heavy atom. The summed E-state index contributed by atoms with van der Waals surface area (Å²) in [6, 6.07) is 0. The largest absolute Gasteiger partial charge is 0.388 e. The van der Waals surface area contributed by atoms with Crippen molar-refractivity contribution in [3.8, 4) is 0 Å². The van der Waals surface area contributed by atoms with Crippen LogP contribution in [0.4, 0.5) is 0 Å². The Hall–Kier alpha value is -0.610. The molecule has 0 bridgehead atoms. The molecule has 0 spiro atoms. The summed E-state index contributed by atoms with van der Waals surface area (Å²) in [6.07, 6.45) is 3.30. The quantitative estimate of drug-likeness (QED) is 0.758. The second kappa shape index (κ2) is 5.64. The molecule has 3 atom stereocenters. The maximum atomic E-state index is 11.5. The fourth-order valence-corrected chi connectivity index (χ4v) is 2.30. The molecule has 0 heterocycles. The van der Waals surface area contributed by atoms with E-state index in [-0.39, 0.29) is 5.91 Å². The van der Waals surface area contributed by atoms with Gasteiger partial charge in [0.2, 0.25) is 5.91 Å². The van der Waals surface area contributed by atoms with Gasteiger partial charge in [-0.25, -0.2) is 0 Å². The molecular formula is C12H23NO3. The molecule has 94 valence electrons. The Balaban J connectivity index is 2.38. The van der Waals surface area contributed by atoms with Crippen LogP contribution in [0.2, 0.25) is 0 Å². The first kappa shape index (κ1) is 13.5. The van der Waals surface area contributed by atoms with E-state index < -0.39 is 11.7 Å². The van der Waals surface area contributed by atoms with Crippen LogP contribution in [-0.4, -0.2) is 36.4 Å².